The molecule has 262 valence electrons. The molecule has 1 spiro atoms. The predicted octanol–water partition coefficient (Wildman–Crippen LogP) is 12.7. The second-order valence-corrected chi connectivity index (χ2v) is 14.4. The van der Waals surface area contributed by atoms with E-state index >= 15 is 0 Å². The van der Waals surface area contributed by atoms with Gasteiger partial charge in [-0.25, -0.2) is 9.97 Å². The number of hydrogen-bond acceptors (Lipinski definition) is 4. The molecule has 4 heteroatoms. The van der Waals surface area contributed by atoms with Crippen molar-refractivity contribution in [2.24, 2.45) is 0 Å². The Morgan fingerprint density at radius 1 is 0.429 bits per heavy atom. The van der Waals surface area contributed by atoms with Crippen molar-refractivity contribution in [3.8, 4) is 56.5 Å². The lowest BCUT2D eigenvalue weighted by Crippen LogP contribution is -2.35. The Hall–Kier alpha value is -7.43. The number of ether oxygens (including phenoxy) is 1. The molecule has 2 aromatic heterocycles. The number of pyridine rings is 1. The van der Waals surface area contributed by atoms with Crippen LogP contribution in [0.1, 0.15) is 33.4 Å². The van der Waals surface area contributed by atoms with E-state index < -0.39 is 5.41 Å². The molecule has 0 N–H and O–H groups in total. The van der Waals surface area contributed by atoms with Crippen LogP contribution in [0, 0.1) is 0 Å². The molecule has 0 fully saturated rings. The van der Waals surface area contributed by atoms with Gasteiger partial charge in [0, 0.05) is 45.6 Å². The van der Waals surface area contributed by atoms with Gasteiger partial charge in [0.05, 0.1) is 16.8 Å². The maximum Gasteiger partial charge on any atom is 0.160 e. The second-order valence-electron chi connectivity index (χ2n) is 14.4. The number of nitrogens with zero attached hydrogens (tertiary/aromatic N) is 3. The highest BCUT2D eigenvalue weighted by Crippen LogP contribution is 2.59. The van der Waals surface area contributed by atoms with Gasteiger partial charge >= 0.3 is 0 Å². The molecule has 2 aliphatic rings. The fourth-order valence-corrected chi connectivity index (χ4v) is 8.67. The first-order chi connectivity index (χ1) is 27.7. The third-order valence-corrected chi connectivity index (χ3v) is 11.3. The molecule has 3 heterocycles. The van der Waals surface area contributed by atoms with Crippen LogP contribution in [0.2, 0.25) is 0 Å². The van der Waals surface area contributed by atoms with E-state index in [1.165, 1.54) is 16.7 Å². The number of benzene rings is 7. The maximum absolute atomic E-state index is 6.93. The summed E-state index contributed by atoms with van der Waals surface area (Å²) in [6, 6.07) is 62.1. The van der Waals surface area contributed by atoms with Crippen molar-refractivity contribution in [3.63, 3.8) is 0 Å². The van der Waals surface area contributed by atoms with Crippen molar-refractivity contribution in [3.05, 3.63) is 222 Å². The molecule has 11 rings (SSSR count). The molecule has 9 aromatic rings. The second kappa shape index (κ2) is 12.9. The summed E-state index contributed by atoms with van der Waals surface area (Å²) in [6.45, 7) is 0. The van der Waals surface area contributed by atoms with Gasteiger partial charge in [0.2, 0.25) is 0 Å². The minimum atomic E-state index is -0.695. The van der Waals surface area contributed by atoms with Crippen LogP contribution < -0.4 is 4.74 Å². The van der Waals surface area contributed by atoms with Crippen LogP contribution >= 0.6 is 0 Å². The van der Waals surface area contributed by atoms with Gasteiger partial charge in [-0.15, -0.1) is 0 Å². The van der Waals surface area contributed by atoms with E-state index in [0.717, 1.165) is 78.2 Å². The van der Waals surface area contributed by atoms with E-state index in [4.69, 9.17) is 14.7 Å². The average Bonchev–Trinajstić information content (AvgIpc) is 3.42. The quantitative estimate of drug-likeness (QED) is 0.182. The molecule has 0 bridgehead atoms. The Kier molecular flexibility index (Phi) is 7.36. The number of rotatable bonds is 4. The molecular weight excluding hydrogens is 683 g/mol. The van der Waals surface area contributed by atoms with Crippen molar-refractivity contribution in [1.82, 2.24) is 15.0 Å². The van der Waals surface area contributed by atoms with Crippen LogP contribution in [0.25, 0.3) is 68.0 Å². The van der Waals surface area contributed by atoms with Gasteiger partial charge < -0.3 is 4.74 Å². The Balaban J connectivity index is 1.17. The van der Waals surface area contributed by atoms with Gasteiger partial charge in [-0.3, -0.25) is 4.98 Å². The van der Waals surface area contributed by atoms with Crippen LogP contribution in [-0.2, 0) is 5.41 Å². The topological polar surface area (TPSA) is 47.9 Å². The monoisotopic (exact) mass is 715 g/mol. The molecule has 0 amide bonds. The van der Waals surface area contributed by atoms with Crippen LogP contribution in [0.5, 0.6) is 11.5 Å². The molecule has 1 aliphatic carbocycles. The summed E-state index contributed by atoms with van der Waals surface area (Å²) < 4.78 is 6.93. The van der Waals surface area contributed by atoms with E-state index in [9.17, 15) is 0 Å². The molecule has 7 aromatic carbocycles. The van der Waals surface area contributed by atoms with Crippen molar-refractivity contribution in [2.75, 3.05) is 0 Å². The van der Waals surface area contributed by atoms with Gasteiger partial charge in [0.25, 0.3) is 0 Å². The van der Waals surface area contributed by atoms with Crippen molar-refractivity contribution in [1.29, 1.82) is 0 Å². The highest BCUT2D eigenvalue weighted by atomic mass is 16.5. The van der Waals surface area contributed by atoms with Crippen LogP contribution in [0.3, 0.4) is 0 Å². The molecular formula is C52H33N3O. The molecule has 0 radical (unpaired) electrons. The summed E-state index contributed by atoms with van der Waals surface area (Å²) in [5.74, 6) is 2.41. The average molecular weight is 716 g/mol. The van der Waals surface area contributed by atoms with E-state index in [0.29, 0.717) is 5.82 Å². The largest absolute Gasteiger partial charge is 0.456 e. The van der Waals surface area contributed by atoms with Crippen LogP contribution in [0.4, 0.5) is 0 Å². The molecule has 56 heavy (non-hydrogen) atoms. The Morgan fingerprint density at radius 2 is 1.11 bits per heavy atom. The first-order valence-electron chi connectivity index (χ1n) is 18.9. The third-order valence-electron chi connectivity index (χ3n) is 11.3. The van der Waals surface area contributed by atoms with E-state index in [2.05, 4.69) is 181 Å². The summed E-state index contributed by atoms with van der Waals surface area (Å²) >= 11 is 0. The van der Waals surface area contributed by atoms with Gasteiger partial charge in [-0.05, 0) is 63.0 Å². The number of aromatic nitrogens is 3. The minimum Gasteiger partial charge on any atom is -0.456 e. The fraction of sp³-hybridized carbons (Fsp3) is 0.0192. The highest BCUT2D eigenvalue weighted by Gasteiger charge is 2.48. The maximum atomic E-state index is 6.93. The summed E-state index contributed by atoms with van der Waals surface area (Å²) in [7, 11) is 0. The summed E-state index contributed by atoms with van der Waals surface area (Å²) in [5.41, 5.74) is 13.1. The van der Waals surface area contributed by atoms with Gasteiger partial charge in [-0.2, -0.15) is 0 Å². The summed E-state index contributed by atoms with van der Waals surface area (Å²) in [5, 5.41) is 2.24. The first kappa shape index (κ1) is 32.0. The van der Waals surface area contributed by atoms with Gasteiger partial charge in [-0.1, -0.05) is 164 Å². The minimum absolute atomic E-state index is 0.669. The first-order valence-corrected chi connectivity index (χ1v) is 18.9. The predicted molar refractivity (Wildman–Crippen MR) is 226 cm³/mol. The SMILES string of the molecule is C1=Cc2ccc(-c3cc(-c4ccccc4)nc(-c4ccc(-c5cccnc5)cc4)n3)cc2C2(c3ccccc31)c1ccccc1Oc1c2ccc2ccccc12. The highest BCUT2D eigenvalue weighted by molar-refractivity contribution is 5.94. The summed E-state index contributed by atoms with van der Waals surface area (Å²) in [6.07, 6.45) is 8.20. The standard InChI is InChI=1S/C52H33N3O/c1-2-13-38(14-3-1)47-32-48(55-51(54-47)39-25-20-34(21-26-39)41-15-10-30-53-33-41)40-27-24-37-23-22-36-12-5-7-17-43(36)52(46(37)31-40)44-18-8-9-19-49(44)56-50-42-16-6-4-11-35(42)28-29-45(50)52/h1-33H. The Morgan fingerprint density at radius 3 is 1.95 bits per heavy atom. The number of fused-ring (bicyclic) bond motifs is 10. The van der Waals surface area contributed by atoms with E-state index in [-0.39, 0.29) is 0 Å². The van der Waals surface area contributed by atoms with Crippen molar-refractivity contribution in [2.45, 2.75) is 5.41 Å². The molecule has 0 saturated carbocycles. The zero-order chi connectivity index (χ0) is 37.1. The van der Waals surface area contributed by atoms with Crippen molar-refractivity contribution < 1.29 is 4.74 Å². The fourth-order valence-electron chi connectivity index (χ4n) is 8.67. The molecule has 1 aliphatic heterocycles. The Bertz CT molecular complexity index is 2990. The smallest absolute Gasteiger partial charge is 0.160 e. The lowest BCUT2D eigenvalue weighted by atomic mass is 9.62. The zero-order valence-electron chi connectivity index (χ0n) is 30.3. The van der Waals surface area contributed by atoms with E-state index in [1.807, 2.05) is 18.3 Å². The molecule has 1 atom stereocenters. The molecule has 1 unspecified atom stereocenters. The van der Waals surface area contributed by atoms with Gasteiger partial charge in [0.1, 0.15) is 11.5 Å². The lowest BCUT2D eigenvalue weighted by Gasteiger charge is -2.42. The van der Waals surface area contributed by atoms with Gasteiger partial charge in [0.15, 0.2) is 5.82 Å². The molecule has 4 nitrogen and oxygen atoms in total. The van der Waals surface area contributed by atoms with Crippen LogP contribution in [0.15, 0.2) is 188 Å². The van der Waals surface area contributed by atoms with Crippen LogP contribution in [-0.4, -0.2) is 15.0 Å². The molecule has 0 saturated heterocycles. The van der Waals surface area contributed by atoms with E-state index in [1.54, 1.807) is 6.20 Å². The lowest BCUT2D eigenvalue weighted by molar-refractivity contribution is 0.439. The van der Waals surface area contributed by atoms with Crippen molar-refractivity contribution >= 4 is 22.9 Å². The number of hydrogen-bond donors (Lipinski definition) is 0. The summed E-state index contributed by atoms with van der Waals surface area (Å²) in [4.78, 5) is 14.8. The number of para-hydroxylation sites is 1. The zero-order valence-corrected chi connectivity index (χ0v) is 30.3. The third kappa shape index (κ3) is 5.04. The Labute approximate surface area is 325 Å². The normalized spacial score (nSPS) is 14.9.